The average Bonchev–Trinajstić information content (AvgIpc) is 3.08. The molecular weight excluding hydrogens is 428 g/mol. The molecule has 0 fully saturated rings. The fourth-order valence-electron chi connectivity index (χ4n) is 3.70. The molecule has 0 radical (unpaired) electrons. The van der Waals surface area contributed by atoms with E-state index < -0.39 is 0 Å². The van der Waals surface area contributed by atoms with Crippen LogP contribution in [0.5, 0.6) is 0 Å². The molecule has 158 valence electrons. The monoisotopic (exact) mass is 450 g/mol. The fourth-order valence-corrected chi connectivity index (χ4v) is 5.08. The zero-order chi connectivity index (χ0) is 22.0. The number of carbonyl (C=O) groups is 1. The number of hydrogen-bond donors (Lipinski definition) is 2. The van der Waals surface area contributed by atoms with Crippen molar-refractivity contribution >= 4 is 50.6 Å². The van der Waals surface area contributed by atoms with Crippen LogP contribution in [-0.4, -0.2) is 22.4 Å². The quantitative estimate of drug-likeness (QED) is 0.357. The predicted molar refractivity (Wildman–Crippen MR) is 130 cm³/mol. The topological polar surface area (TPSA) is 66.9 Å². The van der Waals surface area contributed by atoms with Crippen molar-refractivity contribution in [1.82, 2.24) is 9.97 Å². The number of rotatable bonds is 6. The third kappa shape index (κ3) is 4.55. The van der Waals surface area contributed by atoms with Crippen LogP contribution in [0.3, 0.4) is 0 Å². The number of anilines is 2. The van der Waals surface area contributed by atoms with E-state index in [9.17, 15) is 4.79 Å². The van der Waals surface area contributed by atoms with Crippen LogP contribution in [0.1, 0.15) is 22.4 Å². The number of benzene rings is 2. The Hall–Kier alpha value is -2.96. The van der Waals surface area contributed by atoms with Crippen molar-refractivity contribution in [3.63, 3.8) is 0 Å². The molecule has 7 heteroatoms. The number of nitrogens with zero attached hydrogens (tertiary/aromatic N) is 2. The largest absolute Gasteiger partial charge is 0.369 e. The molecule has 0 saturated carbocycles. The summed E-state index contributed by atoms with van der Waals surface area (Å²) in [5.41, 5.74) is 4.95. The fraction of sp³-hybridized carbons (Fsp3) is 0.208. The van der Waals surface area contributed by atoms with Gasteiger partial charge in [-0.05, 0) is 43.5 Å². The van der Waals surface area contributed by atoms with Crippen molar-refractivity contribution in [3.8, 4) is 11.1 Å². The number of fused-ring (bicyclic) bond motifs is 1. The lowest BCUT2D eigenvalue weighted by Crippen LogP contribution is -2.17. The maximum Gasteiger partial charge on any atom is 0.226 e. The predicted octanol–water partition coefficient (Wildman–Crippen LogP) is 6.38. The lowest BCUT2D eigenvalue weighted by Gasteiger charge is -2.12. The number of aryl methyl sites for hydroxylation is 3. The van der Waals surface area contributed by atoms with Crippen molar-refractivity contribution in [2.24, 2.45) is 0 Å². The first-order valence-electron chi connectivity index (χ1n) is 10.0. The van der Waals surface area contributed by atoms with Crippen LogP contribution in [0.2, 0.25) is 5.02 Å². The van der Waals surface area contributed by atoms with Crippen LogP contribution in [0.15, 0.2) is 48.8 Å². The summed E-state index contributed by atoms with van der Waals surface area (Å²) in [6.07, 6.45) is 1.85. The Morgan fingerprint density at radius 1 is 1.10 bits per heavy atom. The van der Waals surface area contributed by atoms with Crippen molar-refractivity contribution in [3.05, 3.63) is 69.8 Å². The third-order valence-electron chi connectivity index (χ3n) is 5.07. The Morgan fingerprint density at radius 3 is 2.61 bits per heavy atom. The molecule has 0 aliphatic carbocycles. The Morgan fingerprint density at radius 2 is 1.87 bits per heavy atom. The van der Waals surface area contributed by atoms with Gasteiger partial charge in [-0.25, -0.2) is 9.97 Å². The summed E-state index contributed by atoms with van der Waals surface area (Å²) in [5, 5.41) is 7.80. The summed E-state index contributed by atoms with van der Waals surface area (Å²) in [4.78, 5) is 23.5. The number of thiophene rings is 1. The highest BCUT2D eigenvalue weighted by Crippen LogP contribution is 2.40. The summed E-state index contributed by atoms with van der Waals surface area (Å²) < 4.78 is 0. The molecule has 0 unspecified atom stereocenters. The van der Waals surface area contributed by atoms with Crippen LogP contribution >= 0.6 is 22.9 Å². The Bertz CT molecular complexity index is 1230. The number of aromatic nitrogens is 2. The summed E-state index contributed by atoms with van der Waals surface area (Å²) in [6, 6.07) is 14.1. The molecule has 2 aromatic heterocycles. The smallest absolute Gasteiger partial charge is 0.226 e. The van der Waals surface area contributed by atoms with Gasteiger partial charge in [0, 0.05) is 23.4 Å². The zero-order valence-electron chi connectivity index (χ0n) is 17.6. The molecule has 4 aromatic rings. The van der Waals surface area contributed by atoms with Gasteiger partial charge in [-0.1, -0.05) is 48.0 Å². The maximum atomic E-state index is 12.5. The second-order valence-electron chi connectivity index (χ2n) is 7.47. The highest BCUT2D eigenvalue weighted by atomic mass is 35.5. The van der Waals surface area contributed by atoms with Gasteiger partial charge in [0.2, 0.25) is 5.91 Å². The van der Waals surface area contributed by atoms with E-state index in [0.717, 1.165) is 38.3 Å². The molecule has 0 bridgehead atoms. The zero-order valence-corrected chi connectivity index (χ0v) is 19.2. The first-order valence-corrected chi connectivity index (χ1v) is 11.2. The van der Waals surface area contributed by atoms with Crippen LogP contribution in [0.25, 0.3) is 21.3 Å². The van der Waals surface area contributed by atoms with E-state index in [-0.39, 0.29) is 5.91 Å². The summed E-state index contributed by atoms with van der Waals surface area (Å²) in [7, 11) is 0. The molecular formula is C24H23ClN4OS. The standard InChI is InChI=1S/C24H23ClN4OS/c1-14-11-15(2)22(18(25)12-14)29-19(30)9-10-26-23-21-20(17-7-5-4-6-8-17)16(3)31-24(21)28-13-27-23/h4-8,11-13H,9-10H2,1-3H3,(H,29,30)(H,26,27,28). The minimum Gasteiger partial charge on any atom is -0.369 e. The molecule has 2 heterocycles. The minimum atomic E-state index is -0.101. The van der Waals surface area contributed by atoms with Gasteiger partial charge < -0.3 is 10.6 Å². The molecule has 4 rings (SSSR count). The van der Waals surface area contributed by atoms with Gasteiger partial charge in [-0.15, -0.1) is 11.3 Å². The Kier molecular flexibility index (Phi) is 6.20. The summed E-state index contributed by atoms with van der Waals surface area (Å²) in [6.45, 7) is 6.46. The third-order valence-corrected chi connectivity index (χ3v) is 6.38. The number of amides is 1. The molecule has 31 heavy (non-hydrogen) atoms. The van der Waals surface area contributed by atoms with Gasteiger partial charge >= 0.3 is 0 Å². The number of carbonyl (C=O) groups excluding carboxylic acids is 1. The second-order valence-corrected chi connectivity index (χ2v) is 9.08. The SMILES string of the molecule is Cc1cc(C)c(NC(=O)CCNc2ncnc3sc(C)c(-c4ccccc4)c23)c(Cl)c1. The number of nitrogens with one attached hydrogen (secondary N) is 2. The average molecular weight is 451 g/mol. The maximum absolute atomic E-state index is 12.5. The molecule has 0 aliphatic heterocycles. The van der Waals surface area contributed by atoms with E-state index in [2.05, 4.69) is 39.7 Å². The molecule has 0 spiro atoms. The summed E-state index contributed by atoms with van der Waals surface area (Å²) in [5.74, 6) is 0.641. The Balaban J connectivity index is 1.51. The lowest BCUT2D eigenvalue weighted by molar-refractivity contribution is -0.115. The highest BCUT2D eigenvalue weighted by Gasteiger charge is 2.17. The number of halogens is 1. The van der Waals surface area contributed by atoms with E-state index >= 15 is 0 Å². The van der Waals surface area contributed by atoms with Crippen molar-refractivity contribution < 1.29 is 4.79 Å². The molecule has 1 amide bonds. The number of hydrogen-bond acceptors (Lipinski definition) is 5. The van der Waals surface area contributed by atoms with E-state index in [1.54, 1.807) is 17.7 Å². The van der Waals surface area contributed by atoms with E-state index in [0.29, 0.717) is 23.7 Å². The van der Waals surface area contributed by atoms with E-state index in [1.165, 1.54) is 4.88 Å². The van der Waals surface area contributed by atoms with Crippen LogP contribution in [0, 0.1) is 20.8 Å². The van der Waals surface area contributed by atoms with Gasteiger partial charge in [0.15, 0.2) is 0 Å². The molecule has 0 atom stereocenters. The minimum absolute atomic E-state index is 0.101. The lowest BCUT2D eigenvalue weighted by atomic mass is 10.0. The van der Waals surface area contributed by atoms with Gasteiger partial charge in [-0.3, -0.25) is 4.79 Å². The van der Waals surface area contributed by atoms with E-state index in [4.69, 9.17) is 11.6 Å². The molecule has 0 saturated heterocycles. The first-order chi connectivity index (χ1) is 14.9. The summed E-state index contributed by atoms with van der Waals surface area (Å²) >= 11 is 7.95. The molecule has 2 aromatic carbocycles. The van der Waals surface area contributed by atoms with Gasteiger partial charge in [0.25, 0.3) is 0 Å². The van der Waals surface area contributed by atoms with Crippen molar-refractivity contribution in [2.75, 3.05) is 17.2 Å². The van der Waals surface area contributed by atoms with Gasteiger partial charge in [0.05, 0.1) is 16.1 Å². The van der Waals surface area contributed by atoms with Crippen LogP contribution in [0.4, 0.5) is 11.5 Å². The molecule has 5 nitrogen and oxygen atoms in total. The van der Waals surface area contributed by atoms with Crippen LogP contribution < -0.4 is 10.6 Å². The van der Waals surface area contributed by atoms with Crippen molar-refractivity contribution in [2.45, 2.75) is 27.2 Å². The second kappa shape index (κ2) is 9.04. The Labute approximate surface area is 190 Å². The first kappa shape index (κ1) is 21.3. The molecule has 0 aliphatic rings. The molecule has 2 N–H and O–H groups in total. The highest BCUT2D eigenvalue weighted by molar-refractivity contribution is 7.19. The van der Waals surface area contributed by atoms with Gasteiger partial charge in [0.1, 0.15) is 17.0 Å². The van der Waals surface area contributed by atoms with Gasteiger partial charge in [-0.2, -0.15) is 0 Å². The normalized spacial score (nSPS) is 11.0. The van der Waals surface area contributed by atoms with Crippen LogP contribution in [-0.2, 0) is 4.79 Å². The van der Waals surface area contributed by atoms with E-state index in [1.807, 2.05) is 44.2 Å². The van der Waals surface area contributed by atoms with Crippen molar-refractivity contribution in [1.29, 1.82) is 0 Å².